The molecule has 2 aliphatic heterocycles. The van der Waals surface area contributed by atoms with Gasteiger partial charge in [-0.15, -0.1) is 0 Å². The van der Waals surface area contributed by atoms with E-state index in [-0.39, 0.29) is 6.04 Å². The lowest BCUT2D eigenvalue weighted by Crippen LogP contribution is -2.43. The summed E-state index contributed by atoms with van der Waals surface area (Å²) in [6, 6.07) is 15.0. The fourth-order valence-corrected chi connectivity index (χ4v) is 4.97. The molecule has 156 valence electrons. The predicted molar refractivity (Wildman–Crippen MR) is 120 cm³/mol. The molecule has 0 bridgehead atoms. The Bertz CT molecular complexity index is 1320. The van der Waals surface area contributed by atoms with E-state index in [4.69, 9.17) is 5.10 Å². The van der Waals surface area contributed by atoms with Crippen LogP contribution in [0.25, 0.3) is 16.4 Å². The molecule has 3 aromatic heterocycles. The van der Waals surface area contributed by atoms with Crippen LogP contribution in [0.15, 0.2) is 42.6 Å². The number of benzene rings is 1. The maximum atomic E-state index is 9.39. The number of fused-ring (bicyclic) bond motifs is 4. The zero-order valence-corrected chi connectivity index (χ0v) is 17.5. The van der Waals surface area contributed by atoms with Gasteiger partial charge in [-0.05, 0) is 43.3 Å². The summed E-state index contributed by atoms with van der Waals surface area (Å²) >= 11 is 0. The molecule has 8 nitrogen and oxygen atoms in total. The first-order valence-corrected chi connectivity index (χ1v) is 10.8. The molecule has 1 N–H and O–H groups in total. The largest absolute Gasteiger partial charge is 0.369 e. The number of hydrogen-bond acceptors (Lipinski definition) is 6. The zero-order chi connectivity index (χ0) is 20.9. The van der Waals surface area contributed by atoms with Crippen LogP contribution in [-0.4, -0.2) is 52.1 Å². The van der Waals surface area contributed by atoms with Crippen molar-refractivity contribution in [3.05, 3.63) is 54.0 Å². The Balaban J connectivity index is 1.39. The van der Waals surface area contributed by atoms with E-state index in [0.717, 1.165) is 56.0 Å². The highest BCUT2D eigenvalue weighted by molar-refractivity contribution is 5.86. The van der Waals surface area contributed by atoms with Crippen LogP contribution in [0.2, 0.25) is 0 Å². The van der Waals surface area contributed by atoms with E-state index < -0.39 is 0 Å². The molecule has 0 amide bonds. The fraction of sp³-hybridized carbons (Fsp3) is 0.348. The van der Waals surface area contributed by atoms with Crippen molar-refractivity contribution in [1.82, 2.24) is 24.7 Å². The molecule has 1 atom stereocenters. The summed E-state index contributed by atoms with van der Waals surface area (Å²) in [4.78, 5) is 4.81. The van der Waals surface area contributed by atoms with E-state index in [1.165, 1.54) is 16.8 Å². The van der Waals surface area contributed by atoms with Crippen LogP contribution in [-0.2, 0) is 6.54 Å². The Morgan fingerprint density at radius 3 is 2.81 bits per heavy atom. The van der Waals surface area contributed by atoms with Crippen LogP contribution in [0.4, 0.5) is 11.4 Å². The second kappa shape index (κ2) is 7.00. The van der Waals surface area contributed by atoms with Crippen molar-refractivity contribution < 1.29 is 0 Å². The van der Waals surface area contributed by atoms with Crippen molar-refractivity contribution in [1.29, 1.82) is 5.26 Å². The monoisotopic (exact) mass is 412 g/mol. The number of rotatable bonds is 2. The number of nitriles is 1. The zero-order valence-electron chi connectivity index (χ0n) is 17.5. The second-order valence-electron chi connectivity index (χ2n) is 8.40. The first-order valence-electron chi connectivity index (χ1n) is 10.8. The molecule has 1 fully saturated rings. The van der Waals surface area contributed by atoms with Crippen LogP contribution in [0.3, 0.4) is 0 Å². The average Bonchev–Trinajstić information content (AvgIpc) is 3.44. The number of pyridine rings is 1. The molecule has 5 heterocycles. The van der Waals surface area contributed by atoms with Gasteiger partial charge in [0.25, 0.3) is 0 Å². The van der Waals surface area contributed by atoms with Gasteiger partial charge in [0.05, 0.1) is 41.2 Å². The van der Waals surface area contributed by atoms with Gasteiger partial charge in [0.15, 0.2) is 0 Å². The molecule has 31 heavy (non-hydrogen) atoms. The highest BCUT2D eigenvalue weighted by Crippen LogP contribution is 2.34. The molecule has 0 radical (unpaired) electrons. The van der Waals surface area contributed by atoms with E-state index in [9.17, 15) is 5.26 Å². The molecule has 4 aromatic rings. The summed E-state index contributed by atoms with van der Waals surface area (Å²) in [5, 5.41) is 23.4. The van der Waals surface area contributed by atoms with E-state index in [1.807, 2.05) is 18.2 Å². The fourth-order valence-electron chi connectivity index (χ4n) is 4.97. The summed E-state index contributed by atoms with van der Waals surface area (Å²) in [6.07, 6.45) is 1.75. The Kier molecular flexibility index (Phi) is 4.11. The third kappa shape index (κ3) is 2.85. The van der Waals surface area contributed by atoms with Gasteiger partial charge >= 0.3 is 0 Å². The van der Waals surface area contributed by atoms with Crippen LogP contribution in [0.5, 0.6) is 0 Å². The molecule has 1 aromatic carbocycles. The lowest BCUT2D eigenvalue weighted by atomic mass is 10.1. The molecular weight excluding hydrogens is 388 g/mol. The normalized spacial score (nSPS) is 19.0. The van der Waals surface area contributed by atoms with Gasteiger partial charge in [-0.1, -0.05) is 0 Å². The third-order valence-electron chi connectivity index (χ3n) is 6.50. The van der Waals surface area contributed by atoms with Crippen LogP contribution in [0.1, 0.15) is 24.4 Å². The van der Waals surface area contributed by atoms with Gasteiger partial charge in [0.2, 0.25) is 0 Å². The molecule has 2 aliphatic rings. The Morgan fingerprint density at radius 2 is 1.97 bits per heavy atom. The van der Waals surface area contributed by atoms with Gasteiger partial charge in [-0.2, -0.15) is 15.5 Å². The standard InChI is InChI=1S/C23H24N8/c1-16-14-29(21-5-3-18(13-24)31-22(21)6-7-26-31)15-23-19-4-2-17(12-20(19)27-30(16)23)28-10-8-25-9-11-28/h2-7,12,16,25H,8-11,14-15H2,1H3/t16-/m1/s1. The minimum atomic E-state index is 0.248. The average molecular weight is 413 g/mol. The van der Waals surface area contributed by atoms with Gasteiger partial charge in [0.1, 0.15) is 11.8 Å². The quantitative estimate of drug-likeness (QED) is 0.545. The molecule has 8 heteroatoms. The first kappa shape index (κ1) is 18.2. The van der Waals surface area contributed by atoms with E-state index in [2.05, 4.69) is 56.1 Å². The summed E-state index contributed by atoms with van der Waals surface area (Å²) in [5.74, 6) is 0. The van der Waals surface area contributed by atoms with Crippen molar-refractivity contribution in [2.45, 2.75) is 19.5 Å². The van der Waals surface area contributed by atoms with E-state index >= 15 is 0 Å². The third-order valence-corrected chi connectivity index (χ3v) is 6.50. The second-order valence-corrected chi connectivity index (χ2v) is 8.40. The molecule has 1 saturated heterocycles. The molecule has 0 spiro atoms. The highest BCUT2D eigenvalue weighted by atomic mass is 15.4. The van der Waals surface area contributed by atoms with E-state index in [1.54, 1.807) is 10.7 Å². The minimum Gasteiger partial charge on any atom is -0.369 e. The van der Waals surface area contributed by atoms with Gasteiger partial charge in [-0.25, -0.2) is 4.52 Å². The highest BCUT2D eigenvalue weighted by Gasteiger charge is 2.27. The number of piperazine rings is 1. The van der Waals surface area contributed by atoms with Crippen molar-refractivity contribution in [2.75, 3.05) is 42.5 Å². The number of aromatic nitrogens is 4. The van der Waals surface area contributed by atoms with Crippen molar-refractivity contribution in [2.24, 2.45) is 0 Å². The number of nitrogens with zero attached hydrogens (tertiary/aromatic N) is 7. The van der Waals surface area contributed by atoms with Crippen LogP contribution in [0, 0.1) is 11.3 Å². The smallest absolute Gasteiger partial charge is 0.142 e. The first-order chi connectivity index (χ1) is 15.2. The molecule has 0 unspecified atom stereocenters. The number of nitrogens with one attached hydrogen (secondary N) is 1. The molecule has 0 aliphatic carbocycles. The minimum absolute atomic E-state index is 0.248. The van der Waals surface area contributed by atoms with Crippen molar-refractivity contribution in [3.8, 4) is 6.07 Å². The maximum Gasteiger partial charge on any atom is 0.142 e. The molecule has 6 rings (SSSR count). The van der Waals surface area contributed by atoms with Crippen molar-refractivity contribution in [3.63, 3.8) is 0 Å². The summed E-state index contributed by atoms with van der Waals surface area (Å²) in [7, 11) is 0. The van der Waals surface area contributed by atoms with Gasteiger partial charge in [0, 0.05) is 43.8 Å². The SMILES string of the molecule is C[C@@H]1CN(c2ccc(C#N)n3nccc23)Cc2c3ccc(N4CCNCC4)cc3nn21. The predicted octanol–water partition coefficient (Wildman–Crippen LogP) is 2.55. The molecular formula is C23H24N8. The number of anilines is 2. The van der Waals surface area contributed by atoms with E-state index in [0.29, 0.717) is 5.69 Å². The lowest BCUT2D eigenvalue weighted by Gasteiger charge is -2.34. The van der Waals surface area contributed by atoms with Crippen molar-refractivity contribution >= 4 is 27.8 Å². The Labute approximate surface area is 180 Å². The lowest BCUT2D eigenvalue weighted by molar-refractivity contribution is 0.430. The van der Waals surface area contributed by atoms with Crippen LogP contribution < -0.4 is 15.1 Å². The van der Waals surface area contributed by atoms with Gasteiger partial charge in [-0.3, -0.25) is 4.68 Å². The summed E-state index contributed by atoms with van der Waals surface area (Å²) in [5.41, 5.74) is 6.16. The van der Waals surface area contributed by atoms with Crippen LogP contribution >= 0.6 is 0 Å². The topological polar surface area (TPSA) is 77.4 Å². The number of hydrogen-bond donors (Lipinski definition) is 1. The van der Waals surface area contributed by atoms with Gasteiger partial charge < -0.3 is 15.1 Å². The Morgan fingerprint density at radius 1 is 1.10 bits per heavy atom. The summed E-state index contributed by atoms with van der Waals surface area (Å²) < 4.78 is 3.92. The molecule has 0 saturated carbocycles. The maximum absolute atomic E-state index is 9.39. The summed E-state index contributed by atoms with van der Waals surface area (Å²) in [6.45, 7) is 7.97. The Hall–Kier alpha value is -3.57.